The second kappa shape index (κ2) is 6.65. The number of carbonyl (C=O) groups is 1. The summed E-state index contributed by atoms with van der Waals surface area (Å²) in [5.74, 6) is 0.0321. The van der Waals surface area contributed by atoms with Crippen molar-refractivity contribution in [1.82, 2.24) is 0 Å². The molecule has 0 aliphatic carbocycles. The average molecular weight is 237 g/mol. The van der Waals surface area contributed by atoms with Crippen molar-refractivity contribution in [2.75, 3.05) is 5.73 Å². The number of carbonyl (C=O) groups excluding carboxylic acids is 1. The second-order valence-electron chi connectivity index (χ2n) is 2.67. The number of rotatable bonds is 2. The van der Waals surface area contributed by atoms with Crippen molar-refractivity contribution < 1.29 is 4.79 Å². The van der Waals surface area contributed by atoms with Crippen molar-refractivity contribution in [1.29, 1.82) is 0 Å². The summed E-state index contributed by atoms with van der Waals surface area (Å²) in [6.07, 6.45) is 0. The molecule has 0 amide bonds. The Balaban J connectivity index is 0. The Hall–Kier alpha value is -0.770. The molecule has 14 heavy (non-hydrogen) atoms. The summed E-state index contributed by atoms with van der Waals surface area (Å²) in [5, 5.41) is 0. The van der Waals surface area contributed by atoms with E-state index in [1.165, 1.54) is 6.92 Å². The largest absolute Gasteiger partial charge is 0.398 e. The second-order valence-corrected chi connectivity index (χ2v) is 2.67. The van der Waals surface area contributed by atoms with Gasteiger partial charge in [-0.15, -0.1) is 24.8 Å². The maximum absolute atomic E-state index is 10.9. The highest BCUT2D eigenvalue weighted by Gasteiger charge is 2.02. The lowest BCUT2D eigenvalue weighted by Crippen LogP contribution is -2.03. The van der Waals surface area contributed by atoms with E-state index in [9.17, 15) is 4.79 Å². The third-order valence-corrected chi connectivity index (χ3v) is 1.77. The number of Topliss-reactive ketones (excluding diaryl/α,β-unsaturated/α-hetero) is 1. The number of benzene rings is 1. The number of anilines is 1. The SMILES string of the molecule is CC(=O)c1ccc(N)c(CN)c1.Cl.Cl. The lowest BCUT2D eigenvalue weighted by Gasteiger charge is -2.03. The van der Waals surface area contributed by atoms with E-state index in [0.29, 0.717) is 17.8 Å². The summed E-state index contributed by atoms with van der Waals surface area (Å²) < 4.78 is 0. The molecule has 0 saturated heterocycles. The zero-order chi connectivity index (χ0) is 9.14. The number of nitrogen functional groups attached to an aromatic ring is 1. The minimum Gasteiger partial charge on any atom is -0.398 e. The topological polar surface area (TPSA) is 69.1 Å². The molecule has 4 N–H and O–H groups in total. The fourth-order valence-electron chi connectivity index (χ4n) is 1.00. The highest BCUT2D eigenvalue weighted by Crippen LogP contribution is 2.13. The Morgan fingerprint density at radius 1 is 1.36 bits per heavy atom. The molecule has 0 bridgehead atoms. The number of nitrogens with two attached hydrogens (primary N) is 2. The fraction of sp³-hybridized carbons (Fsp3) is 0.222. The van der Waals surface area contributed by atoms with Gasteiger partial charge in [-0.3, -0.25) is 4.79 Å². The fourth-order valence-corrected chi connectivity index (χ4v) is 1.00. The highest BCUT2D eigenvalue weighted by molar-refractivity contribution is 5.94. The molecule has 0 saturated carbocycles. The standard InChI is InChI=1S/C9H12N2O.2ClH/c1-6(12)7-2-3-9(11)8(4-7)5-10;;/h2-4H,5,10-11H2,1H3;2*1H. The van der Waals surface area contributed by atoms with Crippen molar-refractivity contribution in [3.8, 4) is 0 Å². The van der Waals surface area contributed by atoms with Crippen LogP contribution in [0.25, 0.3) is 0 Å². The summed E-state index contributed by atoms with van der Waals surface area (Å²) in [6.45, 7) is 1.89. The van der Waals surface area contributed by atoms with Crippen molar-refractivity contribution in [3.05, 3.63) is 29.3 Å². The van der Waals surface area contributed by atoms with Crippen LogP contribution in [0.1, 0.15) is 22.8 Å². The van der Waals surface area contributed by atoms with Crippen molar-refractivity contribution in [3.63, 3.8) is 0 Å². The van der Waals surface area contributed by atoms with Crippen LogP contribution in [0.3, 0.4) is 0 Å². The maximum Gasteiger partial charge on any atom is 0.159 e. The van der Waals surface area contributed by atoms with Gasteiger partial charge in [-0.2, -0.15) is 0 Å². The van der Waals surface area contributed by atoms with Crippen LogP contribution in [-0.4, -0.2) is 5.78 Å². The van der Waals surface area contributed by atoms with E-state index in [-0.39, 0.29) is 30.6 Å². The monoisotopic (exact) mass is 236 g/mol. The van der Waals surface area contributed by atoms with E-state index in [1.54, 1.807) is 18.2 Å². The van der Waals surface area contributed by atoms with Crippen LogP contribution in [0.15, 0.2) is 18.2 Å². The van der Waals surface area contributed by atoms with Gasteiger partial charge in [0, 0.05) is 17.8 Å². The Labute approximate surface area is 95.7 Å². The minimum atomic E-state index is 0. The molecule has 0 spiro atoms. The minimum absolute atomic E-state index is 0. The zero-order valence-corrected chi connectivity index (χ0v) is 9.45. The van der Waals surface area contributed by atoms with E-state index in [0.717, 1.165) is 5.56 Å². The Morgan fingerprint density at radius 2 is 1.93 bits per heavy atom. The molecule has 80 valence electrons. The van der Waals surface area contributed by atoms with Gasteiger partial charge in [0.2, 0.25) is 0 Å². The quantitative estimate of drug-likeness (QED) is 0.608. The summed E-state index contributed by atoms with van der Waals surface area (Å²) in [6, 6.07) is 5.15. The smallest absolute Gasteiger partial charge is 0.159 e. The van der Waals surface area contributed by atoms with Gasteiger partial charge in [-0.1, -0.05) is 0 Å². The normalized spacial score (nSPS) is 8.43. The number of hydrogen-bond donors (Lipinski definition) is 2. The maximum atomic E-state index is 10.9. The van der Waals surface area contributed by atoms with Crippen LogP contribution in [0.2, 0.25) is 0 Å². The Kier molecular flexibility index (Phi) is 7.45. The zero-order valence-electron chi connectivity index (χ0n) is 7.82. The predicted octanol–water partition coefficient (Wildman–Crippen LogP) is 1.77. The van der Waals surface area contributed by atoms with Gasteiger partial charge in [0.15, 0.2) is 5.78 Å². The van der Waals surface area contributed by atoms with Crippen LogP contribution in [0, 0.1) is 0 Å². The highest BCUT2D eigenvalue weighted by atomic mass is 35.5. The first-order valence-electron chi connectivity index (χ1n) is 3.74. The van der Waals surface area contributed by atoms with Crippen molar-refractivity contribution >= 4 is 36.3 Å². The van der Waals surface area contributed by atoms with Gasteiger partial charge in [-0.05, 0) is 30.7 Å². The third kappa shape index (κ3) is 3.54. The molecule has 1 rings (SSSR count). The van der Waals surface area contributed by atoms with Gasteiger partial charge in [-0.25, -0.2) is 0 Å². The summed E-state index contributed by atoms with van der Waals surface area (Å²) in [7, 11) is 0. The molecule has 1 aromatic rings. The molecule has 3 nitrogen and oxygen atoms in total. The van der Waals surface area contributed by atoms with Crippen LogP contribution in [0.4, 0.5) is 5.69 Å². The van der Waals surface area contributed by atoms with E-state index in [1.807, 2.05) is 0 Å². The summed E-state index contributed by atoms with van der Waals surface area (Å²) in [5.41, 5.74) is 13.2. The van der Waals surface area contributed by atoms with Crippen LogP contribution < -0.4 is 11.5 Å². The molecule has 0 fully saturated rings. The predicted molar refractivity (Wildman–Crippen MR) is 63.2 cm³/mol. The Morgan fingerprint density at radius 3 is 2.36 bits per heavy atom. The van der Waals surface area contributed by atoms with Gasteiger partial charge >= 0.3 is 0 Å². The van der Waals surface area contributed by atoms with E-state index in [2.05, 4.69) is 0 Å². The van der Waals surface area contributed by atoms with E-state index >= 15 is 0 Å². The lowest BCUT2D eigenvalue weighted by atomic mass is 10.1. The molecular formula is C9H14Cl2N2O. The molecule has 0 unspecified atom stereocenters. The Bertz CT molecular complexity index is 316. The van der Waals surface area contributed by atoms with Gasteiger partial charge in [0.1, 0.15) is 0 Å². The molecule has 0 aromatic heterocycles. The lowest BCUT2D eigenvalue weighted by molar-refractivity contribution is 0.101. The molecule has 0 radical (unpaired) electrons. The summed E-state index contributed by atoms with van der Waals surface area (Å²) >= 11 is 0. The molecule has 0 aliphatic rings. The van der Waals surface area contributed by atoms with Gasteiger partial charge in [0.25, 0.3) is 0 Å². The number of ketones is 1. The van der Waals surface area contributed by atoms with E-state index < -0.39 is 0 Å². The average Bonchev–Trinajstić information content (AvgIpc) is 2.05. The van der Waals surface area contributed by atoms with Crippen LogP contribution >= 0.6 is 24.8 Å². The number of halogens is 2. The third-order valence-electron chi connectivity index (χ3n) is 1.77. The molecule has 1 aromatic carbocycles. The number of hydrogen-bond acceptors (Lipinski definition) is 3. The van der Waals surface area contributed by atoms with Gasteiger partial charge in [0.05, 0.1) is 0 Å². The van der Waals surface area contributed by atoms with Gasteiger partial charge < -0.3 is 11.5 Å². The van der Waals surface area contributed by atoms with Crippen molar-refractivity contribution in [2.24, 2.45) is 5.73 Å². The first-order chi connectivity index (χ1) is 5.65. The first kappa shape index (κ1) is 15.7. The molecule has 0 heterocycles. The van der Waals surface area contributed by atoms with E-state index in [4.69, 9.17) is 11.5 Å². The molecule has 0 atom stereocenters. The molecule has 5 heteroatoms. The summed E-state index contributed by atoms with van der Waals surface area (Å²) in [4.78, 5) is 10.9. The molecular weight excluding hydrogens is 223 g/mol. The van der Waals surface area contributed by atoms with Crippen LogP contribution in [-0.2, 0) is 6.54 Å². The van der Waals surface area contributed by atoms with Crippen LogP contribution in [0.5, 0.6) is 0 Å². The molecule has 0 aliphatic heterocycles. The van der Waals surface area contributed by atoms with Crippen molar-refractivity contribution in [2.45, 2.75) is 13.5 Å². The first-order valence-corrected chi connectivity index (χ1v) is 3.74.